The van der Waals surface area contributed by atoms with E-state index in [2.05, 4.69) is 10.2 Å². The number of nitrogens with one attached hydrogen (secondary N) is 1. The minimum atomic E-state index is -4.39. The number of aromatic amines is 1. The third kappa shape index (κ3) is 3.40. The first-order valence-corrected chi connectivity index (χ1v) is 7.02. The molecule has 7 heteroatoms. The zero-order chi connectivity index (χ0) is 17.2. The average molecular weight is 336 g/mol. The Hall–Kier alpha value is -2.83. The highest BCUT2D eigenvalue weighted by Crippen LogP contribution is 2.31. The van der Waals surface area contributed by atoms with Crippen LogP contribution in [0.25, 0.3) is 11.3 Å². The van der Waals surface area contributed by atoms with E-state index in [1.54, 1.807) is 12.1 Å². The van der Waals surface area contributed by atoms with E-state index in [-0.39, 0.29) is 12.4 Å². The van der Waals surface area contributed by atoms with Crippen LogP contribution in [-0.2, 0) is 12.8 Å². The van der Waals surface area contributed by atoms with Gasteiger partial charge in [-0.25, -0.2) is 4.39 Å². The van der Waals surface area contributed by atoms with Crippen LogP contribution in [0, 0.1) is 5.82 Å². The van der Waals surface area contributed by atoms with Gasteiger partial charge in [-0.05, 0) is 29.8 Å². The highest BCUT2D eigenvalue weighted by atomic mass is 19.4. The molecule has 0 aliphatic carbocycles. The summed E-state index contributed by atoms with van der Waals surface area (Å²) in [6, 6.07) is 10.7. The van der Waals surface area contributed by atoms with E-state index < -0.39 is 17.6 Å². The van der Waals surface area contributed by atoms with Crippen molar-refractivity contribution in [2.45, 2.75) is 12.8 Å². The first-order chi connectivity index (χ1) is 11.4. The van der Waals surface area contributed by atoms with Gasteiger partial charge < -0.3 is 4.74 Å². The van der Waals surface area contributed by atoms with Crippen molar-refractivity contribution in [2.75, 3.05) is 0 Å². The third-order valence-corrected chi connectivity index (χ3v) is 3.44. The first-order valence-electron chi connectivity index (χ1n) is 7.02. The van der Waals surface area contributed by atoms with Crippen molar-refractivity contribution >= 4 is 0 Å². The van der Waals surface area contributed by atoms with Crippen LogP contribution in [0.5, 0.6) is 5.75 Å². The molecule has 0 aliphatic heterocycles. The van der Waals surface area contributed by atoms with Gasteiger partial charge in [0.15, 0.2) is 11.6 Å². The quantitative estimate of drug-likeness (QED) is 0.694. The van der Waals surface area contributed by atoms with Crippen LogP contribution >= 0.6 is 0 Å². The second kappa shape index (κ2) is 6.35. The summed E-state index contributed by atoms with van der Waals surface area (Å²) in [4.78, 5) is 0. The van der Waals surface area contributed by atoms with Crippen molar-refractivity contribution in [1.29, 1.82) is 0 Å². The Balaban J connectivity index is 1.79. The Kier molecular flexibility index (Phi) is 4.24. The maximum atomic E-state index is 13.5. The molecule has 0 spiro atoms. The topological polar surface area (TPSA) is 37.9 Å². The lowest BCUT2D eigenvalue weighted by atomic mass is 10.1. The normalized spacial score (nSPS) is 11.5. The molecule has 0 aliphatic rings. The summed E-state index contributed by atoms with van der Waals surface area (Å²) in [6.45, 7) is 0.0355. The van der Waals surface area contributed by atoms with Gasteiger partial charge in [-0.2, -0.15) is 18.3 Å². The van der Waals surface area contributed by atoms with Gasteiger partial charge in [-0.3, -0.25) is 5.10 Å². The fraction of sp³-hybridized carbons (Fsp3) is 0.118. The Morgan fingerprint density at radius 2 is 1.71 bits per heavy atom. The van der Waals surface area contributed by atoms with Crippen LogP contribution in [0.1, 0.15) is 11.1 Å². The highest BCUT2D eigenvalue weighted by molar-refractivity contribution is 5.63. The van der Waals surface area contributed by atoms with Crippen LogP contribution < -0.4 is 4.74 Å². The summed E-state index contributed by atoms with van der Waals surface area (Å²) in [5.41, 5.74) is 0.945. The lowest BCUT2D eigenvalue weighted by molar-refractivity contribution is -0.137. The van der Waals surface area contributed by atoms with Crippen molar-refractivity contribution in [3.63, 3.8) is 0 Å². The molecule has 0 radical (unpaired) electrons. The molecule has 3 nitrogen and oxygen atoms in total. The minimum Gasteiger partial charge on any atom is -0.486 e. The van der Waals surface area contributed by atoms with Crippen molar-refractivity contribution in [3.05, 3.63) is 71.7 Å². The fourth-order valence-corrected chi connectivity index (χ4v) is 2.21. The number of alkyl halides is 3. The van der Waals surface area contributed by atoms with Gasteiger partial charge in [0.25, 0.3) is 0 Å². The molecule has 0 atom stereocenters. The summed E-state index contributed by atoms with van der Waals surface area (Å²) >= 11 is 0. The molecule has 0 fully saturated rings. The van der Waals surface area contributed by atoms with Crippen LogP contribution in [0.3, 0.4) is 0 Å². The Bertz CT molecular complexity index is 825. The van der Waals surface area contributed by atoms with Crippen molar-refractivity contribution in [3.8, 4) is 17.0 Å². The summed E-state index contributed by atoms with van der Waals surface area (Å²) in [7, 11) is 0. The number of nitrogens with zero attached hydrogens (tertiary/aromatic N) is 1. The summed E-state index contributed by atoms with van der Waals surface area (Å²) in [5, 5.41) is 6.61. The molecule has 0 saturated heterocycles. The van der Waals surface area contributed by atoms with Gasteiger partial charge in [-0.1, -0.05) is 24.3 Å². The molecule has 3 aromatic rings. The van der Waals surface area contributed by atoms with E-state index in [0.717, 1.165) is 12.1 Å². The van der Waals surface area contributed by atoms with Gasteiger partial charge in [0, 0.05) is 5.56 Å². The SMILES string of the molecule is Fc1ccccc1OCc1cn[nH]c1-c1ccc(C(F)(F)F)cc1. The number of para-hydroxylation sites is 1. The van der Waals surface area contributed by atoms with Crippen molar-refractivity contribution in [2.24, 2.45) is 0 Å². The Labute approximate surface area is 134 Å². The monoisotopic (exact) mass is 336 g/mol. The summed E-state index contributed by atoms with van der Waals surface area (Å²) in [6.07, 6.45) is -2.89. The number of benzene rings is 2. The standard InChI is InChI=1S/C17H12F4N2O/c18-14-3-1-2-4-15(14)24-10-12-9-22-23-16(12)11-5-7-13(8-6-11)17(19,20)21/h1-9H,10H2,(H,22,23). The number of aromatic nitrogens is 2. The number of ether oxygens (including phenoxy) is 1. The lowest BCUT2D eigenvalue weighted by Gasteiger charge is -2.09. The number of hydrogen-bond donors (Lipinski definition) is 1. The summed E-state index contributed by atoms with van der Waals surface area (Å²) in [5.74, 6) is -0.394. The van der Waals surface area contributed by atoms with E-state index in [4.69, 9.17) is 4.74 Å². The van der Waals surface area contributed by atoms with Crippen molar-refractivity contribution in [1.82, 2.24) is 10.2 Å². The highest BCUT2D eigenvalue weighted by Gasteiger charge is 2.30. The second-order valence-electron chi connectivity index (χ2n) is 5.06. The molecule has 0 amide bonds. The van der Waals surface area contributed by atoms with Gasteiger partial charge in [0.1, 0.15) is 6.61 Å². The molecule has 0 saturated carbocycles. The van der Waals surface area contributed by atoms with E-state index in [0.29, 0.717) is 16.8 Å². The lowest BCUT2D eigenvalue weighted by Crippen LogP contribution is -2.04. The molecule has 1 heterocycles. The number of hydrogen-bond acceptors (Lipinski definition) is 2. The number of H-pyrrole nitrogens is 1. The Morgan fingerprint density at radius 1 is 1.00 bits per heavy atom. The predicted octanol–water partition coefficient (Wildman–Crippen LogP) is 4.81. The van der Waals surface area contributed by atoms with Gasteiger partial charge >= 0.3 is 6.18 Å². The molecule has 124 valence electrons. The smallest absolute Gasteiger partial charge is 0.416 e. The zero-order valence-electron chi connectivity index (χ0n) is 12.3. The molecule has 1 aromatic heterocycles. The van der Waals surface area contributed by atoms with Crippen LogP contribution in [0.4, 0.5) is 17.6 Å². The number of rotatable bonds is 4. The van der Waals surface area contributed by atoms with Gasteiger partial charge in [-0.15, -0.1) is 0 Å². The zero-order valence-corrected chi connectivity index (χ0v) is 12.3. The molecule has 0 bridgehead atoms. The Morgan fingerprint density at radius 3 is 2.38 bits per heavy atom. The maximum Gasteiger partial charge on any atom is 0.416 e. The van der Waals surface area contributed by atoms with E-state index in [9.17, 15) is 17.6 Å². The van der Waals surface area contributed by atoms with Crippen LogP contribution in [0.2, 0.25) is 0 Å². The van der Waals surface area contributed by atoms with E-state index in [1.165, 1.54) is 30.5 Å². The van der Waals surface area contributed by atoms with Gasteiger partial charge in [0.2, 0.25) is 0 Å². The fourth-order valence-electron chi connectivity index (χ4n) is 2.21. The van der Waals surface area contributed by atoms with Gasteiger partial charge in [0.05, 0.1) is 17.5 Å². The van der Waals surface area contributed by atoms with Crippen LogP contribution in [-0.4, -0.2) is 10.2 Å². The molecule has 1 N–H and O–H groups in total. The molecule has 24 heavy (non-hydrogen) atoms. The van der Waals surface area contributed by atoms with Crippen molar-refractivity contribution < 1.29 is 22.3 Å². The molecule has 2 aromatic carbocycles. The average Bonchev–Trinajstić information content (AvgIpc) is 3.02. The number of halogens is 4. The molecular formula is C17H12F4N2O. The van der Waals surface area contributed by atoms with E-state index in [1.807, 2.05) is 0 Å². The summed E-state index contributed by atoms with van der Waals surface area (Å²) < 4.78 is 56.8. The second-order valence-corrected chi connectivity index (χ2v) is 5.06. The molecule has 3 rings (SSSR count). The molecular weight excluding hydrogens is 324 g/mol. The largest absolute Gasteiger partial charge is 0.486 e. The predicted molar refractivity (Wildman–Crippen MR) is 79.8 cm³/mol. The van der Waals surface area contributed by atoms with E-state index >= 15 is 0 Å². The third-order valence-electron chi connectivity index (χ3n) is 3.44. The first kappa shape index (κ1) is 16.0. The minimum absolute atomic E-state index is 0.0355. The maximum absolute atomic E-state index is 13.5. The molecule has 0 unspecified atom stereocenters. The van der Waals surface area contributed by atoms with Crippen LogP contribution in [0.15, 0.2) is 54.7 Å².